The molecule has 2 heterocycles. The van der Waals surface area contributed by atoms with Crippen molar-refractivity contribution in [2.24, 2.45) is 5.92 Å². The van der Waals surface area contributed by atoms with Crippen LogP contribution >= 0.6 is 0 Å². The molecular formula is C24H22F2N2O5. The number of Topliss-reactive ketones (excluding diaryl/α,β-unsaturated/α-hetero) is 1. The van der Waals surface area contributed by atoms with Gasteiger partial charge in [-0.2, -0.15) is 8.78 Å². The highest BCUT2D eigenvalue weighted by molar-refractivity contribution is 6.02. The van der Waals surface area contributed by atoms with Crippen molar-refractivity contribution in [3.05, 3.63) is 47.8 Å². The Bertz CT molecular complexity index is 1260. The molecule has 172 valence electrons. The minimum atomic E-state index is -3.10. The van der Waals surface area contributed by atoms with Crippen molar-refractivity contribution >= 4 is 17.4 Å². The number of hydrogen-bond donors (Lipinski definition) is 1. The number of methoxy groups -OCH3 is 1. The number of carboxylic acid groups (broad SMARTS) is 1. The van der Waals surface area contributed by atoms with Gasteiger partial charge in [0.15, 0.2) is 5.78 Å². The number of carbonyl (C=O) groups excluding carboxylic acids is 1. The van der Waals surface area contributed by atoms with E-state index in [0.717, 1.165) is 12.8 Å². The summed E-state index contributed by atoms with van der Waals surface area (Å²) in [4.78, 5) is 28.8. The number of ketones is 1. The number of imidazole rings is 1. The van der Waals surface area contributed by atoms with E-state index in [2.05, 4.69) is 4.98 Å². The fourth-order valence-electron chi connectivity index (χ4n) is 4.29. The summed E-state index contributed by atoms with van der Waals surface area (Å²) in [5.74, 6) is -0.955. The van der Waals surface area contributed by atoms with Gasteiger partial charge in [-0.15, -0.1) is 0 Å². The van der Waals surface area contributed by atoms with Gasteiger partial charge in [0.2, 0.25) is 0 Å². The standard InChI is InChI=1S/C24H22F2N2O5/c1-32-18-9-14(10-19(33-23(25)26)21(18)17(29)8-13-2-3-13)16-12-27-20-11-15(4-7-28(16)20)24(5-6-24)22(30)31/h4,7,9-13,23H,2-3,5-6,8H2,1H3,(H,30,31). The maximum atomic E-state index is 13.2. The van der Waals surface area contributed by atoms with Crippen LogP contribution in [0, 0.1) is 5.92 Å². The molecule has 33 heavy (non-hydrogen) atoms. The normalized spacial score (nSPS) is 16.7. The Morgan fingerprint density at radius 2 is 1.97 bits per heavy atom. The molecule has 2 aliphatic rings. The molecule has 1 N–H and O–H groups in total. The summed E-state index contributed by atoms with van der Waals surface area (Å²) in [7, 11) is 1.38. The SMILES string of the molecule is COc1cc(-c2cnc3cc(C4(C(=O)O)CC4)ccn23)cc(OC(F)F)c1C(=O)CC1CC1. The lowest BCUT2D eigenvalue weighted by molar-refractivity contribution is -0.140. The van der Waals surface area contributed by atoms with E-state index in [1.54, 1.807) is 35.0 Å². The van der Waals surface area contributed by atoms with Crippen molar-refractivity contribution in [2.75, 3.05) is 7.11 Å². The first-order chi connectivity index (χ1) is 15.8. The Morgan fingerprint density at radius 3 is 2.58 bits per heavy atom. The van der Waals surface area contributed by atoms with Gasteiger partial charge in [0.25, 0.3) is 0 Å². The molecule has 0 bridgehead atoms. The third-order valence-corrected chi connectivity index (χ3v) is 6.47. The fraction of sp³-hybridized carbons (Fsp3) is 0.375. The molecular weight excluding hydrogens is 434 g/mol. The Balaban J connectivity index is 1.58. The molecule has 2 aliphatic carbocycles. The lowest BCUT2D eigenvalue weighted by Gasteiger charge is -2.16. The van der Waals surface area contributed by atoms with E-state index in [4.69, 9.17) is 9.47 Å². The summed E-state index contributed by atoms with van der Waals surface area (Å²) < 4.78 is 38.2. The van der Waals surface area contributed by atoms with Crippen molar-refractivity contribution < 1.29 is 33.0 Å². The Kier molecular flexibility index (Phi) is 5.07. The number of rotatable bonds is 9. The van der Waals surface area contributed by atoms with Gasteiger partial charge < -0.3 is 14.6 Å². The molecule has 0 spiro atoms. The van der Waals surface area contributed by atoms with Gasteiger partial charge >= 0.3 is 12.6 Å². The first kappa shape index (κ1) is 21.4. The van der Waals surface area contributed by atoms with Crippen LogP contribution in [0.2, 0.25) is 0 Å². The molecule has 2 fully saturated rings. The molecule has 9 heteroatoms. The number of aliphatic carboxylic acids is 1. The summed E-state index contributed by atoms with van der Waals surface area (Å²) in [5.41, 5.74) is 1.40. The first-order valence-electron chi connectivity index (χ1n) is 10.7. The van der Waals surface area contributed by atoms with Gasteiger partial charge in [-0.3, -0.25) is 14.0 Å². The van der Waals surface area contributed by atoms with E-state index in [9.17, 15) is 23.5 Å². The van der Waals surface area contributed by atoms with Crippen molar-refractivity contribution in [3.63, 3.8) is 0 Å². The molecule has 0 aliphatic heterocycles. The highest BCUT2D eigenvalue weighted by Crippen LogP contribution is 2.48. The van der Waals surface area contributed by atoms with E-state index >= 15 is 0 Å². The van der Waals surface area contributed by atoms with Crippen LogP contribution in [0.15, 0.2) is 36.7 Å². The fourth-order valence-corrected chi connectivity index (χ4v) is 4.29. The zero-order valence-electron chi connectivity index (χ0n) is 17.9. The number of ether oxygens (including phenoxy) is 2. The number of hydrogen-bond acceptors (Lipinski definition) is 5. The molecule has 1 aromatic carbocycles. The average molecular weight is 456 g/mol. The van der Waals surface area contributed by atoms with E-state index in [1.807, 2.05) is 0 Å². The van der Waals surface area contributed by atoms with Crippen molar-refractivity contribution in [1.82, 2.24) is 9.38 Å². The highest BCUT2D eigenvalue weighted by Gasteiger charge is 2.51. The van der Waals surface area contributed by atoms with Gasteiger partial charge in [-0.05, 0) is 61.4 Å². The molecule has 0 unspecified atom stereocenters. The number of alkyl halides is 2. The number of fused-ring (bicyclic) bond motifs is 1. The topological polar surface area (TPSA) is 90.1 Å². The van der Waals surface area contributed by atoms with Crippen molar-refractivity contribution in [1.29, 1.82) is 0 Å². The Hall–Kier alpha value is -3.49. The van der Waals surface area contributed by atoms with Gasteiger partial charge in [0.05, 0.1) is 24.4 Å². The summed E-state index contributed by atoms with van der Waals surface area (Å²) in [6.07, 6.45) is 6.59. The lowest BCUT2D eigenvalue weighted by Crippen LogP contribution is -2.19. The van der Waals surface area contributed by atoms with Crippen LogP contribution in [0.5, 0.6) is 11.5 Å². The van der Waals surface area contributed by atoms with Crippen LogP contribution in [0.25, 0.3) is 16.9 Å². The summed E-state index contributed by atoms with van der Waals surface area (Å²) in [6.45, 7) is -3.10. The molecule has 2 aromatic heterocycles. The minimum absolute atomic E-state index is 0.0155. The van der Waals surface area contributed by atoms with Gasteiger partial charge in [-0.1, -0.05) is 0 Å². The Morgan fingerprint density at radius 1 is 1.24 bits per heavy atom. The lowest BCUT2D eigenvalue weighted by atomic mass is 9.97. The van der Waals surface area contributed by atoms with Crippen LogP contribution in [-0.4, -0.2) is 40.0 Å². The number of carbonyl (C=O) groups is 2. The van der Waals surface area contributed by atoms with Gasteiger partial charge in [-0.25, -0.2) is 4.98 Å². The van der Waals surface area contributed by atoms with Crippen LogP contribution in [0.1, 0.15) is 48.0 Å². The van der Waals surface area contributed by atoms with E-state index in [-0.39, 0.29) is 35.2 Å². The van der Waals surface area contributed by atoms with E-state index in [0.29, 0.717) is 35.3 Å². The Labute approximate surface area is 188 Å². The maximum absolute atomic E-state index is 13.2. The molecule has 0 saturated heterocycles. The van der Waals surface area contributed by atoms with Gasteiger partial charge in [0.1, 0.15) is 22.7 Å². The van der Waals surface area contributed by atoms with Crippen LogP contribution < -0.4 is 9.47 Å². The molecule has 0 amide bonds. The second-order valence-corrected chi connectivity index (χ2v) is 8.68. The smallest absolute Gasteiger partial charge is 0.387 e. The summed E-state index contributed by atoms with van der Waals surface area (Å²) in [5, 5.41) is 9.56. The monoisotopic (exact) mass is 456 g/mol. The molecule has 2 saturated carbocycles. The molecule has 3 aromatic rings. The van der Waals surface area contributed by atoms with Crippen LogP contribution in [0.3, 0.4) is 0 Å². The van der Waals surface area contributed by atoms with E-state index in [1.165, 1.54) is 13.2 Å². The van der Waals surface area contributed by atoms with Crippen LogP contribution in [0.4, 0.5) is 8.78 Å². The number of nitrogens with zero attached hydrogens (tertiary/aromatic N) is 2. The number of carboxylic acids is 1. The molecule has 5 rings (SSSR count). The zero-order valence-corrected chi connectivity index (χ0v) is 17.9. The third-order valence-electron chi connectivity index (χ3n) is 6.47. The number of halogens is 2. The maximum Gasteiger partial charge on any atom is 0.387 e. The number of benzene rings is 1. The zero-order chi connectivity index (χ0) is 23.3. The highest BCUT2D eigenvalue weighted by atomic mass is 19.3. The molecule has 7 nitrogen and oxygen atoms in total. The predicted octanol–water partition coefficient (Wildman–Crippen LogP) is 4.71. The summed E-state index contributed by atoms with van der Waals surface area (Å²) >= 11 is 0. The molecule has 0 atom stereocenters. The first-order valence-corrected chi connectivity index (χ1v) is 10.7. The predicted molar refractivity (Wildman–Crippen MR) is 114 cm³/mol. The van der Waals surface area contributed by atoms with Crippen molar-refractivity contribution in [3.8, 4) is 22.8 Å². The van der Waals surface area contributed by atoms with E-state index < -0.39 is 18.0 Å². The second kappa shape index (κ2) is 7.83. The third kappa shape index (κ3) is 3.81. The van der Waals surface area contributed by atoms with Gasteiger partial charge in [0, 0.05) is 18.2 Å². The number of aromatic nitrogens is 2. The van der Waals surface area contributed by atoms with Crippen LogP contribution in [-0.2, 0) is 10.2 Å². The molecule has 0 radical (unpaired) electrons. The quantitative estimate of drug-likeness (QED) is 0.469. The summed E-state index contributed by atoms with van der Waals surface area (Å²) in [6, 6.07) is 6.47. The second-order valence-electron chi connectivity index (χ2n) is 8.68. The largest absolute Gasteiger partial charge is 0.496 e. The average Bonchev–Trinajstić information content (AvgIpc) is 3.70. The number of pyridine rings is 1. The van der Waals surface area contributed by atoms with Crippen molar-refractivity contribution in [2.45, 2.75) is 44.1 Å². The minimum Gasteiger partial charge on any atom is -0.496 e.